The largest absolute Gasteiger partial charge is 0.456 e. The van der Waals surface area contributed by atoms with Crippen LogP contribution in [-0.4, -0.2) is 5.71 Å². The monoisotopic (exact) mass is 653 g/mol. The van der Waals surface area contributed by atoms with Gasteiger partial charge in [-0.25, -0.2) is 0 Å². The topological polar surface area (TPSA) is 25.5 Å². The van der Waals surface area contributed by atoms with Gasteiger partial charge in [0.15, 0.2) is 0 Å². The Balaban J connectivity index is 1.13. The summed E-state index contributed by atoms with van der Waals surface area (Å²) in [5, 5.41) is 9.84. The van der Waals surface area contributed by atoms with Gasteiger partial charge in [-0.3, -0.25) is 4.99 Å². The summed E-state index contributed by atoms with van der Waals surface area (Å²) in [4.78, 5) is 5.09. The number of benzene rings is 8. The lowest BCUT2D eigenvalue weighted by molar-refractivity contribution is 0.669. The van der Waals surface area contributed by atoms with E-state index in [1.165, 1.54) is 37.9 Å². The van der Waals surface area contributed by atoms with Gasteiger partial charge >= 0.3 is 0 Å². The number of fused-ring (bicyclic) bond motifs is 9. The second kappa shape index (κ2) is 12.7. The molecule has 1 heterocycles. The molecule has 0 amide bonds. The molecule has 0 aliphatic carbocycles. The molecule has 0 atom stereocenters. The first-order chi connectivity index (χ1) is 25.1. The highest BCUT2D eigenvalue weighted by Crippen LogP contribution is 2.41. The molecule has 0 aliphatic rings. The minimum Gasteiger partial charge on any atom is -0.456 e. The molecule has 8 aromatic carbocycles. The van der Waals surface area contributed by atoms with E-state index in [4.69, 9.17) is 9.41 Å². The molecule has 242 valence electrons. The Labute approximate surface area is 297 Å². The molecule has 0 radical (unpaired) electrons. The predicted molar refractivity (Wildman–Crippen MR) is 218 cm³/mol. The van der Waals surface area contributed by atoms with Gasteiger partial charge in [0.1, 0.15) is 11.2 Å². The lowest BCUT2D eigenvalue weighted by Gasteiger charge is -2.12. The van der Waals surface area contributed by atoms with Crippen molar-refractivity contribution in [2.75, 3.05) is 0 Å². The van der Waals surface area contributed by atoms with Crippen LogP contribution in [0.15, 0.2) is 186 Å². The molecule has 0 fully saturated rings. The molecule has 51 heavy (non-hydrogen) atoms. The van der Waals surface area contributed by atoms with Crippen LogP contribution in [0, 0.1) is 0 Å². The quantitative estimate of drug-likeness (QED) is 0.124. The van der Waals surface area contributed by atoms with Gasteiger partial charge in [-0.05, 0) is 103 Å². The molecule has 9 rings (SSSR count). The maximum absolute atomic E-state index is 6.45. The van der Waals surface area contributed by atoms with E-state index in [2.05, 4.69) is 159 Å². The normalized spacial score (nSPS) is 12.4. The van der Waals surface area contributed by atoms with E-state index >= 15 is 0 Å². The van der Waals surface area contributed by atoms with Crippen LogP contribution in [0.25, 0.3) is 76.7 Å². The fraction of sp³-hybridized carbons (Fsp3) is 0.0408. The third-order valence-corrected chi connectivity index (χ3v) is 10.0. The summed E-state index contributed by atoms with van der Waals surface area (Å²) in [6.45, 7) is 6.61. The van der Waals surface area contributed by atoms with E-state index in [1.54, 1.807) is 0 Å². The molecule has 0 N–H and O–H groups in total. The second-order valence-electron chi connectivity index (χ2n) is 13.2. The Kier molecular flexibility index (Phi) is 7.63. The van der Waals surface area contributed by atoms with Gasteiger partial charge in [-0.2, -0.15) is 0 Å². The van der Waals surface area contributed by atoms with Crippen LogP contribution in [0.2, 0.25) is 0 Å². The molecule has 0 bridgehead atoms. The van der Waals surface area contributed by atoms with Gasteiger partial charge in [0.05, 0.1) is 5.70 Å². The first kappa shape index (κ1) is 30.5. The highest BCUT2D eigenvalue weighted by molar-refractivity contribution is 6.26. The molecule has 2 nitrogen and oxygen atoms in total. The van der Waals surface area contributed by atoms with Gasteiger partial charge in [0.2, 0.25) is 0 Å². The Hall–Kier alpha value is -6.51. The third-order valence-electron chi connectivity index (χ3n) is 10.0. The molecule has 0 unspecified atom stereocenters. The number of hydrogen-bond acceptors (Lipinski definition) is 2. The number of rotatable bonds is 7. The van der Waals surface area contributed by atoms with Crippen molar-refractivity contribution in [2.24, 2.45) is 4.99 Å². The third kappa shape index (κ3) is 5.52. The van der Waals surface area contributed by atoms with Gasteiger partial charge in [-0.1, -0.05) is 152 Å². The van der Waals surface area contributed by atoms with Crippen molar-refractivity contribution in [3.8, 4) is 11.1 Å². The summed E-state index contributed by atoms with van der Waals surface area (Å²) in [5.74, 6) is 0. The minimum atomic E-state index is 0.662. The van der Waals surface area contributed by atoms with E-state index in [-0.39, 0.29) is 0 Å². The van der Waals surface area contributed by atoms with Crippen molar-refractivity contribution in [3.05, 3.63) is 193 Å². The first-order valence-electron chi connectivity index (χ1n) is 17.5. The van der Waals surface area contributed by atoms with Gasteiger partial charge < -0.3 is 4.42 Å². The SMILES string of the molecule is C=C(C/C=C(\N=C(C)c1ccccc1)c1ccccc1)c1ccc2oc3cccc(-c4ccc5c6ccccc6c6ccccc6c5c4)c3c2c1. The Morgan fingerprint density at radius 2 is 1.14 bits per heavy atom. The molecule has 1 aromatic heterocycles. The van der Waals surface area contributed by atoms with E-state index in [1.807, 2.05) is 24.3 Å². The van der Waals surface area contributed by atoms with Crippen LogP contribution < -0.4 is 0 Å². The molecule has 0 saturated carbocycles. The maximum atomic E-state index is 6.45. The molecule has 0 spiro atoms. The summed E-state index contributed by atoms with van der Waals surface area (Å²) in [7, 11) is 0. The van der Waals surface area contributed by atoms with E-state index in [0.29, 0.717) is 6.42 Å². The summed E-state index contributed by atoms with van der Waals surface area (Å²) in [6.07, 6.45) is 2.85. The van der Waals surface area contributed by atoms with E-state index in [0.717, 1.165) is 61.2 Å². The van der Waals surface area contributed by atoms with E-state index < -0.39 is 0 Å². The number of furan rings is 1. The second-order valence-corrected chi connectivity index (χ2v) is 13.2. The van der Waals surface area contributed by atoms with E-state index in [9.17, 15) is 0 Å². The standard InChI is InChI=1S/C49H35NO/c1-32(24-28-46(35-16-7-4-8-17-35)50-33(2)34-14-5-3-6-15-34)36-26-29-47-45(30-36)49-38(22-13-23-48(49)51-47)37-25-27-43-41-20-10-9-18-39(41)40-19-11-12-21-42(40)44(43)31-37/h3-23,25-31H,1,24H2,2H3/b46-28-,50-33?. The fourth-order valence-corrected chi connectivity index (χ4v) is 7.46. The molecule has 0 aliphatic heterocycles. The lowest BCUT2D eigenvalue weighted by Crippen LogP contribution is -1.95. The first-order valence-corrected chi connectivity index (χ1v) is 17.5. The average molecular weight is 654 g/mol. The van der Waals surface area contributed by atoms with Crippen LogP contribution in [0.5, 0.6) is 0 Å². The van der Waals surface area contributed by atoms with Crippen molar-refractivity contribution in [1.29, 1.82) is 0 Å². The minimum absolute atomic E-state index is 0.662. The average Bonchev–Trinajstić information content (AvgIpc) is 3.58. The van der Waals surface area contributed by atoms with Crippen LogP contribution in [0.1, 0.15) is 30.0 Å². The Morgan fingerprint density at radius 1 is 0.529 bits per heavy atom. The van der Waals surface area contributed by atoms with Crippen LogP contribution in [-0.2, 0) is 0 Å². The zero-order chi connectivity index (χ0) is 34.3. The number of allylic oxidation sites excluding steroid dienone is 2. The fourth-order valence-electron chi connectivity index (χ4n) is 7.46. The highest BCUT2D eigenvalue weighted by Gasteiger charge is 2.16. The Morgan fingerprint density at radius 3 is 1.82 bits per heavy atom. The summed E-state index contributed by atoms with van der Waals surface area (Å²) in [6, 6.07) is 57.9. The van der Waals surface area contributed by atoms with Crippen LogP contribution in [0.3, 0.4) is 0 Å². The number of nitrogens with zero attached hydrogens (tertiary/aromatic N) is 1. The maximum Gasteiger partial charge on any atom is 0.136 e. The van der Waals surface area contributed by atoms with Crippen LogP contribution >= 0.6 is 0 Å². The van der Waals surface area contributed by atoms with Crippen LogP contribution in [0.4, 0.5) is 0 Å². The van der Waals surface area contributed by atoms with Crippen molar-refractivity contribution in [1.82, 2.24) is 0 Å². The zero-order valence-electron chi connectivity index (χ0n) is 28.4. The summed E-state index contributed by atoms with van der Waals surface area (Å²) in [5.41, 5.74) is 10.3. The molecular formula is C49H35NO. The van der Waals surface area contributed by atoms with Crippen molar-refractivity contribution < 1.29 is 4.42 Å². The highest BCUT2D eigenvalue weighted by atomic mass is 16.3. The van der Waals surface area contributed by atoms with Gasteiger partial charge in [0, 0.05) is 16.5 Å². The lowest BCUT2D eigenvalue weighted by atomic mass is 9.91. The zero-order valence-corrected chi connectivity index (χ0v) is 28.4. The molecular weight excluding hydrogens is 619 g/mol. The summed E-state index contributed by atoms with van der Waals surface area (Å²) >= 11 is 0. The van der Waals surface area contributed by atoms with Gasteiger partial charge in [-0.15, -0.1) is 0 Å². The molecule has 0 saturated heterocycles. The van der Waals surface area contributed by atoms with Gasteiger partial charge in [0.25, 0.3) is 0 Å². The molecule has 9 aromatic rings. The van der Waals surface area contributed by atoms with Crippen molar-refractivity contribution in [3.63, 3.8) is 0 Å². The molecule has 2 heteroatoms. The predicted octanol–water partition coefficient (Wildman–Crippen LogP) is 13.7. The van der Waals surface area contributed by atoms with Crippen molar-refractivity contribution >= 4 is 71.2 Å². The smallest absolute Gasteiger partial charge is 0.136 e. The summed E-state index contributed by atoms with van der Waals surface area (Å²) < 4.78 is 6.45. The Bertz CT molecular complexity index is 2800. The number of hydrogen-bond donors (Lipinski definition) is 0. The van der Waals surface area contributed by atoms with Crippen molar-refractivity contribution in [2.45, 2.75) is 13.3 Å². The number of aliphatic imine (C=N–C) groups is 1.